The van der Waals surface area contributed by atoms with E-state index in [9.17, 15) is 4.79 Å². The summed E-state index contributed by atoms with van der Waals surface area (Å²) >= 11 is 3.44. The second-order valence-electron chi connectivity index (χ2n) is 5.63. The van der Waals surface area contributed by atoms with Crippen molar-refractivity contribution in [3.8, 4) is 0 Å². The van der Waals surface area contributed by atoms with Crippen LogP contribution in [0.1, 0.15) is 56.6 Å². The zero-order valence-corrected chi connectivity index (χ0v) is 12.8. The Kier molecular flexibility index (Phi) is 4.15. The van der Waals surface area contributed by atoms with Gasteiger partial charge in [-0.05, 0) is 61.0 Å². The van der Waals surface area contributed by atoms with Crippen LogP contribution < -0.4 is 5.32 Å². The smallest absolute Gasteiger partial charge is 0.268 e. The van der Waals surface area contributed by atoms with Gasteiger partial charge in [0.1, 0.15) is 5.69 Å². The van der Waals surface area contributed by atoms with Crippen molar-refractivity contribution in [2.24, 2.45) is 5.92 Å². The lowest BCUT2D eigenvalue weighted by molar-refractivity contribution is 0.0926. The number of rotatable bonds is 3. The van der Waals surface area contributed by atoms with Gasteiger partial charge in [0.05, 0.1) is 0 Å². The quantitative estimate of drug-likeness (QED) is 0.906. The summed E-state index contributed by atoms with van der Waals surface area (Å²) in [5, 5.41) is 3.15. The summed E-state index contributed by atoms with van der Waals surface area (Å²) in [7, 11) is 0. The SMILES string of the molecule is CC1CCC(NC(=O)c2cc(Br)cn2C(C)C)C1. The molecular weight excluding hydrogens is 292 g/mol. The van der Waals surface area contributed by atoms with Crippen LogP contribution in [0.25, 0.3) is 0 Å². The molecule has 3 nitrogen and oxygen atoms in total. The molecule has 0 bridgehead atoms. The number of nitrogens with zero attached hydrogens (tertiary/aromatic N) is 1. The maximum absolute atomic E-state index is 12.3. The lowest BCUT2D eigenvalue weighted by Crippen LogP contribution is -2.34. The first-order valence-corrected chi connectivity index (χ1v) is 7.45. The number of nitrogens with one attached hydrogen (secondary N) is 1. The van der Waals surface area contributed by atoms with Crippen molar-refractivity contribution in [2.75, 3.05) is 0 Å². The molecule has 1 amide bonds. The molecule has 100 valence electrons. The summed E-state index contributed by atoms with van der Waals surface area (Å²) in [5.41, 5.74) is 0.747. The van der Waals surface area contributed by atoms with Crippen LogP contribution in [0.4, 0.5) is 0 Å². The average Bonchev–Trinajstić information content (AvgIpc) is 2.85. The fourth-order valence-corrected chi connectivity index (χ4v) is 3.09. The minimum absolute atomic E-state index is 0.0495. The Bertz CT molecular complexity index is 439. The first-order valence-electron chi connectivity index (χ1n) is 6.65. The van der Waals surface area contributed by atoms with E-state index in [0.29, 0.717) is 12.1 Å². The van der Waals surface area contributed by atoms with Crippen molar-refractivity contribution in [3.05, 3.63) is 22.4 Å². The van der Waals surface area contributed by atoms with Crippen molar-refractivity contribution in [3.63, 3.8) is 0 Å². The number of amides is 1. The first-order chi connectivity index (χ1) is 8.47. The van der Waals surface area contributed by atoms with Gasteiger partial charge in [-0.2, -0.15) is 0 Å². The van der Waals surface area contributed by atoms with E-state index in [1.54, 1.807) is 0 Å². The molecule has 0 radical (unpaired) electrons. The molecule has 0 spiro atoms. The highest BCUT2D eigenvalue weighted by Gasteiger charge is 2.24. The van der Waals surface area contributed by atoms with Gasteiger partial charge in [-0.3, -0.25) is 4.79 Å². The molecule has 1 aromatic heterocycles. The number of aromatic nitrogens is 1. The van der Waals surface area contributed by atoms with Crippen LogP contribution in [0.15, 0.2) is 16.7 Å². The molecule has 2 rings (SSSR count). The van der Waals surface area contributed by atoms with E-state index in [4.69, 9.17) is 0 Å². The fourth-order valence-electron chi connectivity index (χ4n) is 2.65. The summed E-state index contributed by atoms with van der Waals surface area (Å²) in [6.07, 6.45) is 5.41. The van der Waals surface area contributed by atoms with E-state index in [0.717, 1.165) is 28.9 Å². The van der Waals surface area contributed by atoms with Crippen molar-refractivity contribution < 1.29 is 4.79 Å². The zero-order chi connectivity index (χ0) is 13.3. The summed E-state index contributed by atoms with van der Waals surface area (Å²) in [4.78, 5) is 12.3. The Balaban J connectivity index is 2.09. The number of carbonyl (C=O) groups is 1. The van der Waals surface area contributed by atoms with Gasteiger partial charge in [0.2, 0.25) is 0 Å². The van der Waals surface area contributed by atoms with Gasteiger partial charge in [0.25, 0.3) is 5.91 Å². The van der Waals surface area contributed by atoms with Gasteiger partial charge in [0, 0.05) is 22.8 Å². The first kappa shape index (κ1) is 13.7. The molecule has 1 fully saturated rings. The number of carbonyl (C=O) groups excluding carboxylic acids is 1. The molecule has 2 atom stereocenters. The van der Waals surface area contributed by atoms with E-state index >= 15 is 0 Å². The molecule has 4 heteroatoms. The van der Waals surface area contributed by atoms with Crippen molar-refractivity contribution in [1.82, 2.24) is 9.88 Å². The molecule has 0 saturated heterocycles. The third kappa shape index (κ3) is 2.97. The molecular formula is C14H21BrN2O. The van der Waals surface area contributed by atoms with Crippen LogP contribution in [0.3, 0.4) is 0 Å². The van der Waals surface area contributed by atoms with Crippen LogP contribution >= 0.6 is 15.9 Å². The Labute approximate surface area is 117 Å². The fraction of sp³-hybridized carbons (Fsp3) is 0.643. The highest BCUT2D eigenvalue weighted by Crippen LogP contribution is 2.25. The van der Waals surface area contributed by atoms with Gasteiger partial charge < -0.3 is 9.88 Å². The van der Waals surface area contributed by atoms with Gasteiger partial charge in [-0.15, -0.1) is 0 Å². The topological polar surface area (TPSA) is 34.0 Å². The number of halogens is 1. The van der Waals surface area contributed by atoms with Crippen LogP contribution in [0, 0.1) is 5.92 Å². The summed E-state index contributed by atoms with van der Waals surface area (Å²) in [6.45, 7) is 6.42. The molecule has 0 aromatic carbocycles. The third-order valence-corrected chi connectivity index (χ3v) is 4.07. The standard InChI is InChI=1S/C14H21BrN2O/c1-9(2)17-8-11(15)7-13(17)14(18)16-12-5-4-10(3)6-12/h7-10,12H,4-6H2,1-3H3,(H,16,18). The van der Waals surface area contributed by atoms with Crippen molar-refractivity contribution in [1.29, 1.82) is 0 Å². The number of hydrogen-bond donors (Lipinski definition) is 1. The monoisotopic (exact) mass is 312 g/mol. The van der Waals surface area contributed by atoms with Gasteiger partial charge in [-0.25, -0.2) is 0 Å². The van der Waals surface area contributed by atoms with E-state index in [2.05, 4.69) is 42.0 Å². The van der Waals surface area contributed by atoms with Crippen LogP contribution in [-0.4, -0.2) is 16.5 Å². The average molecular weight is 313 g/mol. The minimum atomic E-state index is 0.0495. The Morgan fingerprint density at radius 2 is 2.22 bits per heavy atom. The maximum atomic E-state index is 12.3. The largest absolute Gasteiger partial charge is 0.348 e. The Morgan fingerprint density at radius 1 is 1.50 bits per heavy atom. The lowest BCUT2D eigenvalue weighted by Gasteiger charge is -2.16. The summed E-state index contributed by atoms with van der Waals surface area (Å²) in [5.74, 6) is 0.785. The van der Waals surface area contributed by atoms with Crippen molar-refractivity contribution >= 4 is 21.8 Å². The highest BCUT2D eigenvalue weighted by atomic mass is 79.9. The van der Waals surface area contributed by atoms with Gasteiger partial charge in [-0.1, -0.05) is 6.92 Å². The highest BCUT2D eigenvalue weighted by molar-refractivity contribution is 9.10. The predicted octanol–water partition coefficient (Wildman–Crippen LogP) is 3.75. The second-order valence-corrected chi connectivity index (χ2v) is 6.55. The second kappa shape index (κ2) is 5.47. The molecule has 1 aliphatic rings. The molecule has 0 aliphatic heterocycles. The zero-order valence-electron chi connectivity index (χ0n) is 11.2. The Hall–Kier alpha value is -0.770. The molecule has 1 saturated carbocycles. The molecule has 1 aliphatic carbocycles. The lowest BCUT2D eigenvalue weighted by atomic mass is 10.1. The van der Waals surface area contributed by atoms with E-state index < -0.39 is 0 Å². The van der Waals surface area contributed by atoms with Crippen LogP contribution in [0.2, 0.25) is 0 Å². The molecule has 1 heterocycles. The van der Waals surface area contributed by atoms with Gasteiger partial charge >= 0.3 is 0 Å². The van der Waals surface area contributed by atoms with E-state index in [-0.39, 0.29) is 5.91 Å². The van der Waals surface area contributed by atoms with Crippen molar-refractivity contribution in [2.45, 2.75) is 52.1 Å². The van der Waals surface area contributed by atoms with E-state index in [1.165, 1.54) is 6.42 Å². The maximum Gasteiger partial charge on any atom is 0.268 e. The van der Waals surface area contributed by atoms with E-state index in [1.807, 2.05) is 16.8 Å². The molecule has 2 unspecified atom stereocenters. The molecule has 1 N–H and O–H groups in total. The minimum Gasteiger partial charge on any atom is -0.348 e. The third-order valence-electron chi connectivity index (χ3n) is 3.63. The molecule has 1 aromatic rings. The van der Waals surface area contributed by atoms with Gasteiger partial charge in [0.15, 0.2) is 0 Å². The van der Waals surface area contributed by atoms with Crippen LogP contribution in [0.5, 0.6) is 0 Å². The van der Waals surface area contributed by atoms with Crippen LogP contribution in [-0.2, 0) is 0 Å². The predicted molar refractivity (Wildman–Crippen MR) is 76.8 cm³/mol. The molecule has 18 heavy (non-hydrogen) atoms. The summed E-state index contributed by atoms with van der Waals surface area (Å²) < 4.78 is 2.97. The number of hydrogen-bond acceptors (Lipinski definition) is 1. The summed E-state index contributed by atoms with van der Waals surface area (Å²) in [6, 6.07) is 2.54. The normalized spacial score (nSPS) is 23.6. The Morgan fingerprint density at radius 3 is 2.78 bits per heavy atom.